The first-order valence-corrected chi connectivity index (χ1v) is 16.7. The van der Waals surface area contributed by atoms with Crippen LogP contribution >= 0.6 is 12.6 Å². The van der Waals surface area contributed by atoms with Crippen LogP contribution in [-0.2, 0) is 13.0 Å². The summed E-state index contributed by atoms with van der Waals surface area (Å²) in [6.45, 7) is 4.04. The first-order valence-electron chi connectivity index (χ1n) is 16.2. The Bertz CT molecular complexity index is 1670. The number of amides is 1. The molecule has 2 heterocycles. The fraction of sp³-hybridized carbons (Fsp3) is 0.405. The van der Waals surface area contributed by atoms with E-state index in [2.05, 4.69) is 41.6 Å². The van der Waals surface area contributed by atoms with Crippen LogP contribution in [0.2, 0.25) is 0 Å². The average molecular weight is 626 g/mol. The van der Waals surface area contributed by atoms with E-state index in [1.165, 1.54) is 35.9 Å². The Morgan fingerprint density at radius 2 is 1.84 bits per heavy atom. The van der Waals surface area contributed by atoms with Crippen molar-refractivity contribution in [3.05, 3.63) is 77.4 Å². The summed E-state index contributed by atoms with van der Waals surface area (Å²) >= 11 is 4.34. The van der Waals surface area contributed by atoms with Gasteiger partial charge in [-0.2, -0.15) is 0 Å². The van der Waals surface area contributed by atoms with E-state index in [0.717, 1.165) is 59.6 Å². The Morgan fingerprint density at radius 3 is 2.58 bits per heavy atom. The summed E-state index contributed by atoms with van der Waals surface area (Å²) in [7, 11) is 1.68. The summed E-state index contributed by atoms with van der Waals surface area (Å²) in [5, 5.41) is 12.7. The molecule has 45 heavy (non-hydrogen) atoms. The zero-order valence-corrected chi connectivity index (χ0v) is 27.1. The molecule has 4 aromatic rings. The van der Waals surface area contributed by atoms with E-state index in [0.29, 0.717) is 37.7 Å². The Morgan fingerprint density at radius 1 is 1.07 bits per heavy atom. The number of ether oxygens (including phenoxy) is 3. The zero-order valence-electron chi connectivity index (χ0n) is 26.2. The van der Waals surface area contributed by atoms with Crippen LogP contribution in [0.1, 0.15) is 79.3 Å². The summed E-state index contributed by atoms with van der Waals surface area (Å²) in [4.78, 5) is 13.7. The number of hydrogen-bond acceptors (Lipinski definition) is 5. The number of nitrogens with zero attached hydrogens (tertiary/aromatic N) is 1. The molecule has 0 saturated heterocycles. The summed E-state index contributed by atoms with van der Waals surface area (Å²) in [6, 6.07) is 19.5. The monoisotopic (exact) mass is 625 g/mol. The fourth-order valence-corrected chi connectivity index (χ4v) is 6.94. The van der Waals surface area contributed by atoms with Gasteiger partial charge in [0.2, 0.25) is 0 Å². The molecular formula is C37H43N3O4S. The minimum absolute atomic E-state index is 0.119. The molecule has 236 valence electrons. The van der Waals surface area contributed by atoms with Gasteiger partial charge in [-0.15, -0.1) is 12.6 Å². The van der Waals surface area contributed by atoms with Crippen LogP contribution in [0.4, 0.5) is 0 Å². The molecule has 2 aliphatic rings. The van der Waals surface area contributed by atoms with Gasteiger partial charge in [-0.1, -0.05) is 50.8 Å². The van der Waals surface area contributed by atoms with Crippen molar-refractivity contribution in [1.82, 2.24) is 9.88 Å². The molecule has 6 rings (SSSR count). The van der Waals surface area contributed by atoms with Gasteiger partial charge in [0.15, 0.2) is 0 Å². The number of aromatic nitrogens is 1. The highest BCUT2D eigenvalue weighted by molar-refractivity contribution is 7.97. The molecule has 1 fully saturated rings. The Labute approximate surface area is 271 Å². The minimum atomic E-state index is -0.541. The number of carbonyl (C=O) groups excluding carboxylic acids is 1. The predicted molar refractivity (Wildman–Crippen MR) is 184 cm³/mol. The minimum Gasteiger partial charge on any atom is -0.497 e. The predicted octanol–water partition coefficient (Wildman–Crippen LogP) is 8.18. The van der Waals surface area contributed by atoms with Crippen LogP contribution in [-0.4, -0.2) is 41.9 Å². The van der Waals surface area contributed by atoms with Crippen molar-refractivity contribution >= 4 is 34.5 Å². The van der Waals surface area contributed by atoms with Gasteiger partial charge in [0.05, 0.1) is 37.0 Å². The zero-order chi connectivity index (χ0) is 31.3. The second-order valence-corrected chi connectivity index (χ2v) is 12.6. The Kier molecular flexibility index (Phi) is 9.69. The number of rotatable bonds is 11. The number of methoxy groups -OCH3 is 1. The number of benzene rings is 3. The number of unbranched alkanes of at least 4 members (excludes halogenated alkanes) is 1. The maximum Gasteiger partial charge on any atom is 0.251 e. The van der Waals surface area contributed by atoms with Gasteiger partial charge in [-0.05, 0) is 79.1 Å². The number of nitrogens with one attached hydrogen (secondary N) is 2. The highest BCUT2D eigenvalue weighted by atomic mass is 32.1. The van der Waals surface area contributed by atoms with Gasteiger partial charge in [-0.3, -0.25) is 10.2 Å². The molecule has 2 N–H and O–H groups in total. The summed E-state index contributed by atoms with van der Waals surface area (Å²) < 4.78 is 19.9. The van der Waals surface area contributed by atoms with E-state index in [1.807, 2.05) is 48.5 Å². The van der Waals surface area contributed by atoms with E-state index in [9.17, 15) is 4.79 Å². The van der Waals surface area contributed by atoms with E-state index in [-0.39, 0.29) is 11.0 Å². The lowest BCUT2D eigenvalue weighted by Gasteiger charge is -2.23. The second-order valence-electron chi connectivity index (χ2n) is 12.2. The SMILES string of the molecule is CCCCOc1ccc(C[C@H](NC(=O)c2ccc3c(C4CCCCC4)c4n(c3c2)CCOc2cc(OC)ccc2-4)C(=N)S)cc1. The lowest BCUT2D eigenvalue weighted by atomic mass is 9.81. The molecular weight excluding hydrogens is 582 g/mol. The van der Waals surface area contributed by atoms with Gasteiger partial charge in [0.1, 0.15) is 23.9 Å². The summed E-state index contributed by atoms with van der Waals surface area (Å²) in [5.74, 6) is 2.68. The molecule has 0 spiro atoms. The quantitative estimate of drug-likeness (QED) is 0.0679. The van der Waals surface area contributed by atoms with Crippen molar-refractivity contribution in [2.45, 2.75) is 76.8 Å². The highest BCUT2D eigenvalue weighted by Gasteiger charge is 2.30. The third kappa shape index (κ3) is 6.71. The molecule has 1 aliphatic heterocycles. The normalized spacial score (nSPS) is 15.4. The molecule has 1 aromatic heterocycles. The standard InChI is InChI=1S/C37H43N3O4S/c1-3-4-19-43-27-13-10-24(11-14-27)21-31(36(38)45)39-37(41)26-12-16-29-32(22-26)40-18-20-44-33-23-28(42-2)15-17-30(33)35(40)34(29)25-8-6-5-7-9-25/h10-17,22-23,25,31H,3-9,18-21H2,1-2H3,(H2,38,45)(H,39,41)/t31-/m0/s1. The molecule has 0 bridgehead atoms. The van der Waals surface area contributed by atoms with Crippen LogP contribution in [0.25, 0.3) is 22.2 Å². The third-order valence-corrected chi connectivity index (χ3v) is 9.47. The topological polar surface area (TPSA) is 85.6 Å². The van der Waals surface area contributed by atoms with E-state index < -0.39 is 6.04 Å². The van der Waals surface area contributed by atoms with E-state index in [1.54, 1.807) is 7.11 Å². The van der Waals surface area contributed by atoms with Crippen molar-refractivity contribution in [2.75, 3.05) is 20.3 Å². The molecule has 1 atom stereocenters. The molecule has 7 nitrogen and oxygen atoms in total. The molecule has 0 radical (unpaired) electrons. The molecule has 0 unspecified atom stereocenters. The first-order chi connectivity index (χ1) is 22.0. The maximum absolute atomic E-state index is 13.7. The van der Waals surface area contributed by atoms with Crippen molar-refractivity contribution in [3.63, 3.8) is 0 Å². The molecule has 3 aromatic carbocycles. The van der Waals surface area contributed by atoms with Crippen molar-refractivity contribution in [1.29, 1.82) is 5.41 Å². The lowest BCUT2D eigenvalue weighted by molar-refractivity contribution is 0.0947. The largest absolute Gasteiger partial charge is 0.497 e. The maximum atomic E-state index is 13.7. The van der Waals surface area contributed by atoms with Gasteiger partial charge in [-0.25, -0.2) is 0 Å². The van der Waals surface area contributed by atoms with Crippen molar-refractivity contribution < 1.29 is 19.0 Å². The van der Waals surface area contributed by atoms with E-state index >= 15 is 0 Å². The number of thiol groups is 1. The summed E-state index contributed by atoms with van der Waals surface area (Å²) in [5.41, 5.74) is 6.25. The van der Waals surface area contributed by atoms with Gasteiger partial charge in [0.25, 0.3) is 5.91 Å². The van der Waals surface area contributed by atoms with Crippen LogP contribution in [0.5, 0.6) is 17.2 Å². The van der Waals surface area contributed by atoms with Crippen LogP contribution in [0, 0.1) is 5.41 Å². The van der Waals surface area contributed by atoms with Gasteiger partial charge in [0, 0.05) is 28.1 Å². The lowest BCUT2D eigenvalue weighted by Crippen LogP contribution is -2.40. The third-order valence-electron chi connectivity index (χ3n) is 9.16. The van der Waals surface area contributed by atoms with Gasteiger partial charge < -0.3 is 24.1 Å². The van der Waals surface area contributed by atoms with Crippen LogP contribution in [0.15, 0.2) is 60.7 Å². The summed E-state index contributed by atoms with van der Waals surface area (Å²) in [6.07, 6.45) is 8.64. The Balaban J connectivity index is 1.31. The molecule has 1 amide bonds. The number of carbonyl (C=O) groups is 1. The number of fused-ring (bicyclic) bond motifs is 5. The smallest absolute Gasteiger partial charge is 0.251 e. The van der Waals surface area contributed by atoms with Gasteiger partial charge >= 0.3 is 0 Å². The van der Waals surface area contributed by atoms with Crippen molar-refractivity contribution in [3.8, 4) is 28.5 Å². The second kappa shape index (κ2) is 14.0. The molecule has 1 aliphatic carbocycles. The number of hydrogen-bond donors (Lipinski definition) is 3. The van der Waals surface area contributed by atoms with Crippen molar-refractivity contribution in [2.24, 2.45) is 0 Å². The molecule has 8 heteroatoms. The highest BCUT2D eigenvalue weighted by Crippen LogP contribution is 2.47. The van der Waals surface area contributed by atoms with E-state index in [4.69, 9.17) is 19.6 Å². The first kappa shape index (κ1) is 31.1. The fourth-order valence-electron chi connectivity index (χ4n) is 6.79. The Hall–Kier alpha value is -3.91. The average Bonchev–Trinajstić information content (AvgIpc) is 3.26. The van der Waals surface area contributed by atoms with Crippen LogP contribution < -0.4 is 19.5 Å². The van der Waals surface area contributed by atoms with Crippen LogP contribution in [0.3, 0.4) is 0 Å². The molecule has 1 saturated carbocycles.